The highest BCUT2D eigenvalue weighted by Gasteiger charge is 2.30. The van der Waals surface area contributed by atoms with E-state index in [4.69, 9.17) is 16.9 Å². The van der Waals surface area contributed by atoms with Gasteiger partial charge in [-0.2, -0.15) is 5.26 Å². The van der Waals surface area contributed by atoms with Gasteiger partial charge in [0, 0.05) is 18.7 Å². The number of nitrogens with zero attached hydrogens (tertiary/aromatic N) is 4. The lowest BCUT2D eigenvalue weighted by Gasteiger charge is -2.12. The molecule has 1 aliphatic rings. The first kappa shape index (κ1) is 16.8. The van der Waals surface area contributed by atoms with E-state index in [0.717, 1.165) is 23.8 Å². The van der Waals surface area contributed by atoms with Crippen molar-refractivity contribution in [1.82, 2.24) is 14.8 Å². The minimum absolute atomic E-state index is 0.156. The molecular weight excluding hydrogens is 346 g/mol. The fourth-order valence-electron chi connectivity index (χ4n) is 2.26. The molecular formula is C16H16ClN5OS. The van der Waals surface area contributed by atoms with Crippen molar-refractivity contribution in [2.45, 2.75) is 36.1 Å². The minimum Gasteiger partial charge on any atom is -0.325 e. The van der Waals surface area contributed by atoms with E-state index in [1.165, 1.54) is 11.8 Å². The van der Waals surface area contributed by atoms with E-state index in [1.807, 2.05) is 24.6 Å². The van der Waals surface area contributed by atoms with E-state index >= 15 is 0 Å². The van der Waals surface area contributed by atoms with Gasteiger partial charge in [-0.25, -0.2) is 0 Å². The van der Waals surface area contributed by atoms with Gasteiger partial charge < -0.3 is 9.88 Å². The van der Waals surface area contributed by atoms with E-state index in [0.29, 0.717) is 22.2 Å². The van der Waals surface area contributed by atoms with E-state index < -0.39 is 0 Å². The molecule has 1 saturated carbocycles. The molecule has 1 aromatic carbocycles. The Morgan fingerprint density at radius 1 is 1.50 bits per heavy atom. The van der Waals surface area contributed by atoms with Gasteiger partial charge in [0.1, 0.15) is 11.9 Å². The average molecular weight is 362 g/mol. The van der Waals surface area contributed by atoms with Crippen LogP contribution >= 0.6 is 23.4 Å². The quantitative estimate of drug-likeness (QED) is 0.826. The Kier molecular flexibility index (Phi) is 4.78. The summed E-state index contributed by atoms with van der Waals surface area (Å²) in [6.07, 6.45) is 2.32. The van der Waals surface area contributed by atoms with Gasteiger partial charge in [-0.15, -0.1) is 10.2 Å². The lowest BCUT2D eigenvalue weighted by molar-refractivity contribution is -0.115. The first-order valence-electron chi connectivity index (χ1n) is 7.56. The van der Waals surface area contributed by atoms with E-state index in [-0.39, 0.29) is 11.2 Å². The summed E-state index contributed by atoms with van der Waals surface area (Å²) in [5.41, 5.74) is 0.942. The summed E-state index contributed by atoms with van der Waals surface area (Å²) in [5, 5.41) is 20.8. The number of anilines is 1. The number of rotatable bonds is 5. The molecule has 1 heterocycles. The largest absolute Gasteiger partial charge is 0.325 e. The molecule has 0 radical (unpaired) electrons. The lowest BCUT2D eigenvalue weighted by atomic mass is 10.2. The Hall–Kier alpha value is -2.04. The number of thioether (sulfide) groups is 1. The second-order valence-corrected chi connectivity index (χ2v) is 7.44. The number of aromatic nitrogens is 3. The topological polar surface area (TPSA) is 83.6 Å². The van der Waals surface area contributed by atoms with Crippen LogP contribution < -0.4 is 5.32 Å². The third kappa shape index (κ3) is 3.55. The minimum atomic E-state index is -0.339. The number of carbonyl (C=O) groups is 1. The van der Waals surface area contributed by atoms with Crippen LogP contribution in [0.15, 0.2) is 23.4 Å². The highest BCUT2D eigenvalue weighted by atomic mass is 35.5. The van der Waals surface area contributed by atoms with Crippen molar-refractivity contribution in [2.24, 2.45) is 7.05 Å². The number of halogens is 1. The molecule has 1 atom stereocenters. The Morgan fingerprint density at radius 3 is 2.88 bits per heavy atom. The number of hydrogen-bond acceptors (Lipinski definition) is 5. The smallest absolute Gasteiger partial charge is 0.237 e. The zero-order valence-corrected chi connectivity index (χ0v) is 14.9. The molecule has 124 valence electrons. The van der Waals surface area contributed by atoms with Crippen molar-refractivity contribution in [3.05, 3.63) is 34.6 Å². The third-order valence-electron chi connectivity index (χ3n) is 3.82. The number of carbonyl (C=O) groups excluding carboxylic acids is 1. The molecule has 24 heavy (non-hydrogen) atoms. The number of nitrogens with one attached hydrogen (secondary N) is 1. The highest BCUT2D eigenvalue weighted by molar-refractivity contribution is 8.00. The van der Waals surface area contributed by atoms with E-state index in [2.05, 4.69) is 15.5 Å². The summed E-state index contributed by atoms with van der Waals surface area (Å²) in [5.74, 6) is 1.35. The Balaban J connectivity index is 1.64. The van der Waals surface area contributed by atoms with Crippen LogP contribution in [0.4, 0.5) is 5.69 Å². The van der Waals surface area contributed by atoms with Crippen LogP contribution in [-0.4, -0.2) is 25.9 Å². The molecule has 3 rings (SSSR count). The van der Waals surface area contributed by atoms with Crippen molar-refractivity contribution in [2.75, 3.05) is 5.32 Å². The summed E-state index contributed by atoms with van der Waals surface area (Å²) in [6.45, 7) is 1.82. The van der Waals surface area contributed by atoms with E-state index in [9.17, 15) is 4.79 Å². The first-order chi connectivity index (χ1) is 11.5. The molecule has 1 aromatic heterocycles. The zero-order chi connectivity index (χ0) is 17.3. The fraction of sp³-hybridized carbons (Fsp3) is 0.375. The molecule has 1 N–H and O–H groups in total. The summed E-state index contributed by atoms with van der Waals surface area (Å²) in [4.78, 5) is 12.3. The van der Waals surface area contributed by atoms with Gasteiger partial charge in [0.15, 0.2) is 5.16 Å². The van der Waals surface area contributed by atoms with Crippen LogP contribution in [0.25, 0.3) is 0 Å². The van der Waals surface area contributed by atoms with Crippen molar-refractivity contribution in [3.8, 4) is 6.07 Å². The summed E-state index contributed by atoms with van der Waals surface area (Å²) < 4.78 is 1.96. The molecule has 1 aliphatic carbocycles. The first-order valence-corrected chi connectivity index (χ1v) is 8.82. The fourth-order valence-corrected chi connectivity index (χ4v) is 3.31. The Bertz CT molecular complexity index is 824. The molecule has 0 bridgehead atoms. The van der Waals surface area contributed by atoms with Gasteiger partial charge in [0.05, 0.1) is 15.8 Å². The van der Waals surface area contributed by atoms with Crippen LogP contribution in [0.3, 0.4) is 0 Å². The van der Waals surface area contributed by atoms with Gasteiger partial charge in [0.25, 0.3) is 0 Å². The number of hydrogen-bond donors (Lipinski definition) is 1. The predicted molar refractivity (Wildman–Crippen MR) is 93.1 cm³/mol. The standard InChI is InChI=1S/C16H16ClN5OS/c1-9(24-16-21-20-14(22(16)2)10-3-4-10)15(23)19-12-6-5-11(8-18)13(17)7-12/h5-7,9-10H,3-4H2,1-2H3,(H,19,23)/t9-/m0/s1. The molecule has 0 unspecified atom stereocenters. The molecule has 0 aliphatic heterocycles. The Labute approximate surface area is 149 Å². The van der Waals surface area contributed by atoms with Gasteiger partial charge in [-0.3, -0.25) is 4.79 Å². The third-order valence-corrected chi connectivity index (χ3v) is 5.27. The molecule has 8 heteroatoms. The predicted octanol–water partition coefficient (Wildman–Crippen LogP) is 3.34. The lowest BCUT2D eigenvalue weighted by Crippen LogP contribution is -2.22. The molecule has 1 fully saturated rings. The second-order valence-electron chi connectivity index (χ2n) is 5.73. The van der Waals surface area contributed by atoms with Crippen LogP contribution in [-0.2, 0) is 11.8 Å². The van der Waals surface area contributed by atoms with Gasteiger partial charge in [0.2, 0.25) is 5.91 Å². The van der Waals surface area contributed by atoms with Crippen LogP contribution in [0.5, 0.6) is 0 Å². The molecule has 0 spiro atoms. The second kappa shape index (κ2) is 6.83. The zero-order valence-electron chi connectivity index (χ0n) is 13.3. The maximum absolute atomic E-state index is 12.3. The maximum Gasteiger partial charge on any atom is 0.237 e. The average Bonchev–Trinajstić information content (AvgIpc) is 3.33. The van der Waals surface area contributed by atoms with Crippen molar-refractivity contribution in [1.29, 1.82) is 5.26 Å². The van der Waals surface area contributed by atoms with Crippen molar-refractivity contribution >= 4 is 35.0 Å². The van der Waals surface area contributed by atoms with Crippen LogP contribution in [0.1, 0.15) is 37.1 Å². The molecule has 1 amide bonds. The van der Waals surface area contributed by atoms with Crippen molar-refractivity contribution in [3.63, 3.8) is 0 Å². The molecule has 0 saturated heterocycles. The molecule has 6 nitrogen and oxygen atoms in total. The normalized spacial score (nSPS) is 14.9. The van der Waals surface area contributed by atoms with Crippen LogP contribution in [0, 0.1) is 11.3 Å². The summed E-state index contributed by atoms with van der Waals surface area (Å²) in [7, 11) is 1.93. The maximum atomic E-state index is 12.3. The molecule has 2 aromatic rings. The number of benzene rings is 1. The van der Waals surface area contributed by atoms with Gasteiger partial charge in [-0.1, -0.05) is 23.4 Å². The number of amides is 1. The van der Waals surface area contributed by atoms with Crippen LogP contribution in [0.2, 0.25) is 5.02 Å². The van der Waals surface area contributed by atoms with Gasteiger partial charge in [-0.05, 0) is 38.0 Å². The van der Waals surface area contributed by atoms with E-state index in [1.54, 1.807) is 18.2 Å². The van der Waals surface area contributed by atoms with Crippen molar-refractivity contribution < 1.29 is 4.79 Å². The highest BCUT2D eigenvalue weighted by Crippen LogP contribution is 2.39. The van der Waals surface area contributed by atoms with Gasteiger partial charge >= 0.3 is 0 Å². The summed E-state index contributed by atoms with van der Waals surface area (Å²) >= 11 is 7.35. The Morgan fingerprint density at radius 2 is 2.25 bits per heavy atom. The SMILES string of the molecule is C[C@H](Sc1nnc(C2CC2)n1C)C(=O)Nc1ccc(C#N)c(Cl)c1. The number of nitriles is 1. The monoisotopic (exact) mass is 361 g/mol. The summed E-state index contributed by atoms with van der Waals surface area (Å²) in [6, 6.07) is 6.80.